The molecule has 17 heteroatoms. The summed E-state index contributed by atoms with van der Waals surface area (Å²) in [6.45, 7) is 4.67. The molecule has 0 amide bonds. The van der Waals surface area contributed by atoms with Gasteiger partial charge in [0, 0.05) is 66.7 Å². The van der Waals surface area contributed by atoms with Crippen molar-refractivity contribution in [2.45, 2.75) is 17.9 Å². The molecule has 1 atom stereocenters. The fraction of sp³-hybridized carbons (Fsp3) is 0.258. The number of hydrogen-bond acceptors (Lipinski definition) is 9. The summed E-state index contributed by atoms with van der Waals surface area (Å²) in [6.07, 6.45) is 5.79. The number of ether oxygens (including phenoxy) is 1. The number of sulfonamides is 1. The van der Waals surface area contributed by atoms with Crippen molar-refractivity contribution in [3.8, 4) is 17.0 Å². The van der Waals surface area contributed by atoms with Gasteiger partial charge in [-0.3, -0.25) is 14.6 Å². The van der Waals surface area contributed by atoms with Crippen LogP contribution in [0.3, 0.4) is 0 Å². The lowest BCUT2D eigenvalue weighted by molar-refractivity contribution is 0.0395. The maximum absolute atomic E-state index is 11.7. The van der Waals surface area contributed by atoms with Crippen molar-refractivity contribution in [1.29, 1.82) is 0 Å². The topological polar surface area (TPSA) is 190 Å². The van der Waals surface area contributed by atoms with Crippen LogP contribution >= 0.6 is 23.2 Å². The molecule has 0 aliphatic carbocycles. The molecule has 5 heterocycles. The molecule has 2 saturated heterocycles. The summed E-state index contributed by atoms with van der Waals surface area (Å²) in [5.41, 5.74) is 3.27. The molecule has 3 aromatic heterocycles. The molecule has 254 valence electrons. The van der Waals surface area contributed by atoms with Crippen LogP contribution in [0.15, 0.2) is 84.1 Å². The molecule has 1 spiro atoms. The summed E-state index contributed by atoms with van der Waals surface area (Å²) in [5.74, 6) is 1.53. The lowest BCUT2D eigenvalue weighted by Crippen LogP contribution is -2.73. The first-order valence-electron chi connectivity index (χ1n) is 14.4. The number of rotatable bonds is 7. The van der Waals surface area contributed by atoms with Crippen LogP contribution in [0, 0.1) is 5.41 Å². The van der Waals surface area contributed by atoms with Gasteiger partial charge in [-0.25, -0.2) is 17.7 Å². The number of aromatic nitrogens is 4. The monoisotopic (exact) mass is 734 g/mol. The molecule has 5 aromatic rings. The number of benzene rings is 2. The summed E-state index contributed by atoms with van der Waals surface area (Å²) in [6, 6.07) is 17.1. The van der Waals surface area contributed by atoms with E-state index in [1.165, 1.54) is 22.7 Å². The van der Waals surface area contributed by atoms with Gasteiger partial charge >= 0.3 is 0 Å². The maximum Gasteiger partial charge on any atom is 0.294 e. The summed E-state index contributed by atoms with van der Waals surface area (Å²) < 4.78 is 60.3. The van der Waals surface area contributed by atoms with Crippen LogP contribution in [0.2, 0.25) is 10.0 Å². The lowest BCUT2D eigenvalue weighted by atomic mass is 9.74. The second kappa shape index (κ2) is 13.6. The number of anilines is 1. The zero-order valence-electron chi connectivity index (χ0n) is 25.7. The molecule has 0 unspecified atom stereocenters. The number of hydrogen-bond donors (Lipinski definition) is 2. The van der Waals surface area contributed by atoms with Crippen LogP contribution in [-0.2, 0) is 20.1 Å². The van der Waals surface area contributed by atoms with Gasteiger partial charge in [0.05, 0.1) is 26.7 Å². The highest BCUT2D eigenvalue weighted by Crippen LogP contribution is 2.42. The van der Waals surface area contributed by atoms with Gasteiger partial charge in [0.1, 0.15) is 23.4 Å². The molecule has 2 aliphatic rings. The first-order valence-corrected chi connectivity index (χ1v) is 18.4. The van der Waals surface area contributed by atoms with E-state index in [-0.39, 0.29) is 21.9 Å². The minimum Gasteiger partial charge on any atom is -0.486 e. The zero-order chi connectivity index (χ0) is 33.6. The second-order valence-electron chi connectivity index (χ2n) is 11.6. The molecule has 0 saturated carbocycles. The minimum atomic E-state index is -4.00. The molecule has 48 heavy (non-hydrogen) atoms. The van der Waals surface area contributed by atoms with Gasteiger partial charge in [0.2, 0.25) is 10.0 Å². The first-order chi connectivity index (χ1) is 22.2. The number of nitrogens with one attached hydrogen (secondary N) is 1. The third kappa shape index (κ3) is 7.42. The van der Waals surface area contributed by atoms with Crippen molar-refractivity contribution >= 4 is 60.1 Å². The average Bonchev–Trinajstić information content (AvgIpc) is 3.39. The average molecular weight is 736 g/mol. The Labute approximate surface area is 287 Å². The Morgan fingerprint density at radius 3 is 2.17 bits per heavy atom. The van der Waals surface area contributed by atoms with Crippen LogP contribution in [-0.4, -0.2) is 83.8 Å². The molecular formula is C31H32Cl2N6O7S2. The normalized spacial score (nSPS) is 16.2. The SMILES string of the molecule is C[C@@H](Oc1ccc2[nH]nc(-c3ccc(N4CC5(C4)CN(S(C)(=O)=O)C5)nc3)c2c1)c1c(Cl)cncc1Cl.O.O=S(=O)(O)c1ccccc1. The van der Waals surface area contributed by atoms with Crippen LogP contribution < -0.4 is 9.64 Å². The van der Waals surface area contributed by atoms with E-state index in [4.69, 9.17) is 32.5 Å². The standard InChI is InChI=1S/C25H24Cl2N6O3S.C6H6O3S.H2O/c1-15(23-19(26)9-28-10-20(23)27)36-17-4-5-21-18(7-17)24(31-30-21)16-3-6-22(29-8-16)32-11-25(12-32)13-33(14-25)37(2,34)35;7-10(8,9)6-4-2-1-3-5-6;/h3-10,15H,11-14H2,1-2H3,(H,30,31);1-5H,(H,7,8,9);1H2/t15-;;/m1../s1. The van der Waals surface area contributed by atoms with E-state index in [2.05, 4.69) is 25.1 Å². The van der Waals surface area contributed by atoms with Crippen molar-refractivity contribution in [1.82, 2.24) is 24.5 Å². The molecule has 7 rings (SSSR count). The van der Waals surface area contributed by atoms with Crippen molar-refractivity contribution in [3.63, 3.8) is 0 Å². The van der Waals surface area contributed by atoms with Crippen molar-refractivity contribution in [2.24, 2.45) is 5.41 Å². The Hall–Kier alpha value is -3.83. The third-order valence-corrected chi connectivity index (χ3v) is 10.7. The first kappa shape index (κ1) is 35.5. The van der Waals surface area contributed by atoms with Crippen molar-refractivity contribution in [3.05, 3.63) is 94.9 Å². The molecule has 0 radical (unpaired) electrons. The Kier molecular flexibility index (Phi) is 10.0. The zero-order valence-corrected chi connectivity index (χ0v) is 28.9. The van der Waals surface area contributed by atoms with Crippen LogP contribution in [0.4, 0.5) is 5.82 Å². The highest BCUT2D eigenvalue weighted by molar-refractivity contribution is 7.88. The minimum absolute atomic E-state index is 0. The quantitative estimate of drug-likeness (QED) is 0.223. The van der Waals surface area contributed by atoms with Crippen LogP contribution in [0.5, 0.6) is 5.75 Å². The Balaban J connectivity index is 0.000000354. The van der Waals surface area contributed by atoms with E-state index >= 15 is 0 Å². The number of halogens is 2. The number of aromatic amines is 1. The van der Waals surface area contributed by atoms with Gasteiger partial charge in [0.25, 0.3) is 10.1 Å². The fourth-order valence-corrected chi connectivity index (χ4v) is 7.92. The third-order valence-electron chi connectivity index (χ3n) is 8.08. The highest BCUT2D eigenvalue weighted by Gasteiger charge is 2.54. The number of H-pyrrole nitrogens is 1. The van der Waals surface area contributed by atoms with Gasteiger partial charge in [0.15, 0.2) is 0 Å². The number of pyridine rings is 2. The summed E-state index contributed by atoms with van der Waals surface area (Å²) in [5, 5.41) is 9.39. The maximum atomic E-state index is 11.7. The van der Waals surface area contributed by atoms with E-state index < -0.39 is 20.1 Å². The van der Waals surface area contributed by atoms with Gasteiger partial charge in [-0.15, -0.1) is 0 Å². The Morgan fingerprint density at radius 2 is 1.60 bits per heavy atom. The number of nitrogens with zero attached hydrogens (tertiary/aromatic N) is 5. The fourth-order valence-electron chi connectivity index (χ4n) is 5.73. The van der Waals surface area contributed by atoms with Crippen LogP contribution in [0.25, 0.3) is 22.2 Å². The van der Waals surface area contributed by atoms with E-state index in [1.807, 2.05) is 43.5 Å². The lowest BCUT2D eigenvalue weighted by Gasteiger charge is -2.59. The molecule has 0 bridgehead atoms. The Bertz CT molecular complexity index is 2120. The molecule has 2 aliphatic heterocycles. The second-order valence-corrected chi connectivity index (χ2v) is 15.9. The summed E-state index contributed by atoms with van der Waals surface area (Å²) in [7, 11) is -7.11. The predicted molar refractivity (Wildman–Crippen MR) is 184 cm³/mol. The van der Waals surface area contributed by atoms with Crippen molar-refractivity contribution < 1.29 is 31.6 Å². The molecule has 4 N–H and O–H groups in total. The Morgan fingerprint density at radius 1 is 0.938 bits per heavy atom. The van der Waals surface area contributed by atoms with E-state index in [9.17, 15) is 16.8 Å². The molecule has 2 aromatic carbocycles. The largest absolute Gasteiger partial charge is 0.486 e. The van der Waals surface area contributed by atoms with E-state index in [0.717, 1.165) is 41.1 Å². The van der Waals surface area contributed by atoms with E-state index in [1.54, 1.807) is 30.6 Å². The van der Waals surface area contributed by atoms with Crippen LogP contribution in [0.1, 0.15) is 18.6 Å². The van der Waals surface area contributed by atoms with Gasteiger partial charge in [-0.2, -0.15) is 13.5 Å². The smallest absolute Gasteiger partial charge is 0.294 e. The van der Waals surface area contributed by atoms with Crippen molar-refractivity contribution in [2.75, 3.05) is 37.3 Å². The van der Waals surface area contributed by atoms with Gasteiger partial charge in [-0.1, -0.05) is 41.4 Å². The van der Waals surface area contributed by atoms with E-state index in [0.29, 0.717) is 34.4 Å². The van der Waals surface area contributed by atoms with Gasteiger partial charge in [-0.05, 0) is 49.4 Å². The molecule has 13 nitrogen and oxygen atoms in total. The summed E-state index contributed by atoms with van der Waals surface area (Å²) in [4.78, 5) is 10.8. The highest BCUT2D eigenvalue weighted by atomic mass is 35.5. The summed E-state index contributed by atoms with van der Waals surface area (Å²) >= 11 is 12.6. The van der Waals surface area contributed by atoms with Gasteiger partial charge < -0.3 is 15.1 Å². The molecule has 2 fully saturated rings. The molecular weight excluding hydrogens is 703 g/mol. The predicted octanol–water partition coefficient (Wildman–Crippen LogP) is 4.66. The number of fused-ring (bicyclic) bond motifs is 1.